The molecule has 2 aliphatic heterocycles. The van der Waals surface area contributed by atoms with E-state index in [-0.39, 0.29) is 35.1 Å². The lowest BCUT2D eigenvalue weighted by Crippen LogP contribution is -2.46. The number of halogens is 2. The molecule has 1 aromatic carbocycles. The highest BCUT2D eigenvalue weighted by molar-refractivity contribution is 7.89. The average molecular weight is 486 g/mol. The maximum atomic E-state index is 13.4. The Morgan fingerprint density at radius 1 is 1.13 bits per heavy atom. The second kappa shape index (κ2) is 8.73. The third-order valence-electron chi connectivity index (χ3n) is 6.16. The van der Waals surface area contributed by atoms with Crippen molar-refractivity contribution in [1.82, 2.24) is 14.4 Å². The van der Waals surface area contributed by atoms with Crippen molar-refractivity contribution >= 4 is 39.1 Å². The molecule has 3 heterocycles. The lowest BCUT2D eigenvalue weighted by atomic mass is 9.96. The quantitative estimate of drug-likeness (QED) is 0.641. The van der Waals surface area contributed by atoms with E-state index in [1.165, 1.54) is 4.31 Å². The van der Waals surface area contributed by atoms with Crippen molar-refractivity contribution in [2.24, 2.45) is 5.92 Å². The molecule has 2 aliphatic rings. The van der Waals surface area contributed by atoms with Crippen LogP contribution in [0.3, 0.4) is 0 Å². The molecule has 0 spiro atoms. The molecule has 10 heteroatoms. The van der Waals surface area contributed by atoms with Crippen LogP contribution >= 0.6 is 23.2 Å². The van der Waals surface area contributed by atoms with Gasteiger partial charge in [0.15, 0.2) is 5.76 Å². The zero-order valence-electron chi connectivity index (χ0n) is 17.5. The molecule has 2 fully saturated rings. The first-order valence-electron chi connectivity index (χ1n) is 10.4. The molecule has 0 bridgehead atoms. The molecule has 7 nitrogen and oxygen atoms in total. The van der Waals surface area contributed by atoms with Gasteiger partial charge in [0.2, 0.25) is 15.9 Å². The van der Waals surface area contributed by atoms with E-state index in [1.54, 1.807) is 19.9 Å². The number of amides is 1. The fourth-order valence-corrected chi connectivity index (χ4v) is 6.79. The summed E-state index contributed by atoms with van der Waals surface area (Å²) in [4.78, 5) is 15.4. The van der Waals surface area contributed by atoms with Crippen LogP contribution in [-0.4, -0.2) is 48.3 Å². The smallest absolute Gasteiger partial charge is 0.248 e. The van der Waals surface area contributed by atoms with Gasteiger partial charge in [-0.2, -0.15) is 4.31 Å². The molecule has 31 heavy (non-hydrogen) atoms. The highest BCUT2D eigenvalue weighted by Gasteiger charge is 2.40. The van der Waals surface area contributed by atoms with E-state index < -0.39 is 10.0 Å². The second-order valence-corrected chi connectivity index (χ2v) is 10.9. The average Bonchev–Trinajstić information content (AvgIpc) is 3.36. The fraction of sp³-hybridized carbons (Fsp3) is 0.524. The van der Waals surface area contributed by atoms with Crippen LogP contribution in [0.5, 0.6) is 0 Å². The molecule has 0 saturated carbocycles. The molecule has 2 unspecified atom stereocenters. The van der Waals surface area contributed by atoms with E-state index in [2.05, 4.69) is 5.16 Å². The van der Waals surface area contributed by atoms with Crippen LogP contribution in [0.1, 0.15) is 48.7 Å². The second-order valence-electron chi connectivity index (χ2n) is 8.22. The van der Waals surface area contributed by atoms with Gasteiger partial charge < -0.3 is 9.42 Å². The Morgan fingerprint density at radius 3 is 2.55 bits per heavy atom. The van der Waals surface area contributed by atoms with Crippen LogP contribution in [0.15, 0.2) is 27.6 Å². The fourth-order valence-electron chi connectivity index (χ4n) is 4.67. The molecule has 0 aliphatic carbocycles. The summed E-state index contributed by atoms with van der Waals surface area (Å²) in [5.74, 6) is -0.121. The van der Waals surface area contributed by atoms with Crippen molar-refractivity contribution in [3.05, 3.63) is 45.3 Å². The molecule has 2 aromatic rings. The Balaban J connectivity index is 1.54. The standard InChI is InChI=1S/C21H25Cl2N3O4S/c1-13-20(14(2)30-24-13)31(28,29)25-9-3-5-16(12-25)21(27)26-10-4-6-19(26)15-7-8-17(22)18(23)11-15/h7-8,11,16,19H,3-6,9-10,12H2,1-2H3. The van der Waals surface area contributed by atoms with Gasteiger partial charge in [-0.25, -0.2) is 8.42 Å². The van der Waals surface area contributed by atoms with Gasteiger partial charge in [-0.15, -0.1) is 0 Å². The molecule has 0 N–H and O–H groups in total. The molecule has 1 amide bonds. The number of likely N-dealkylation sites (tertiary alicyclic amines) is 1. The lowest BCUT2D eigenvalue weighted by Gasteiger charge is -2.35. The van der Waals surface area contributed by atoms with Crippen LogP contribution in [0.2, 0.25) is 10.0 Å². The monoisotopic (exact) mass is 485 g/mol. The Hall–Kier alpha value is -1.61. The SMILES string of the molecule is Cc1noc(C)c1S(=O)(=O)N1CCCC(C(=O)N2CCCC2c2ccc(Cl)c(Cl)c2)C1. The van der Waals surface area contributed by atoms with Gasteiger partial charge in [0.1, 0.15) is 10.6 Å². The predicted octanol–water partition coefficient (Wildman–Crippen LogP) is 4.36. The van der Waals surface area contributed by atoms with E-state index in [4.69, 9.17) is 27.7 Å². The van der Waals surface area contributed by atoms with Crippen molar-refractivity contribution in [3.8, 4) is 0 Å². The van der Waals surface area contributed by atoms with Gasteiger partial charge >= 0.3 is 0 Å². The first-order valence-corrected chi connectivity index (χ1v) is 12.6. The highest BCUT2D eigenvalue weighted by Crippen LogP contribution is 2.37. The summed E-state index contributed by atoms with van der Waals surface area (Å²) in [7, 11) is -3.77. The van der Waals surface area contributed by atoms with Gasteiger partial charge in [0.25, 0.3) is 0 Å². The first-order chi connectivity index (χ1) is 14.7. The Kier molecular flexibility index (Phi) is 6.36. The molecular weight excluding hydrogens is 461 g/mol. The summed E-state index contributed by atoms with van der Waals surface area (Å²) < 4.78 is 32.9. The molecule has 2 saturated heterocycles. The number of hydrogen-bond donors (Lipinski definition) is 0. The van der Waals surface area contributed by atoms with Crippen molar-refractivity contribution in [1.29, 1.82) is 0 Å². The third-order valence-corrected chi connectivity index (χ3v) is 9.01. The van der Waals surface area contributed by atoms with Gasteiger partial charge in [0.05, 0.1) is 22.0 Å². The number of carbonyl (C=O) groups is 1. The summed E-state index contributed by atoms with van der Waals surface area (Å²) in [6.45, 7) is 4.40. The zero-order valence-corrected chi connectivity index (χ0v) is 19.8. The number of hydrogen-bond acceptors (Lipinski definition) is 5. The van der Waals surface area contributed by atoms with Gasteiger partial charge in [0, 0.05) is 19.6 Å². The molecule has 1 aromatic heterocycles. The normalized spacial score (nSPS) is 22.8. The minimum absolute atomic E-state index is 0.00719. The van der Waals surface area contributed by atoms with E-state index in [0.717, 1.165) is 18.4 Å². The Labute approximate surface area is 192 Å². The molecule has 168 valence electrons. The highest BCUT2D eigenvalue weighted by atomic mass is 35.5. The van der Waals surface area contributed by atoms with Crippen LogP contribution in [-0.2, 0) is 14.8 Å². The maximum Gasteiger partial charge on any atom is 0.248 e. The van der Waals surface area contributed by atoms with Crippen LogP contribution < -0.4 is 0 Å². The first kappa shape index (κ1) is 22.6. The number of sulfonamides is 1. The Bertz CT molecular complexity index is 1080. The molecule has 0 radical (unpaired) electrons. The van der Waals surface area contributed by atoms with Crippen molar-refractivity contribution in [2.75, 3.05) is 19.6 Å². The van der Waals surface area contributed by atoms with Crippen LogP contribution in [0.4, 0.5) is 0 Å². The minimum Gasteiger partial charge on any atom is -0.360 e. The van der Waals surface area contributed by atoms with Gasteiger partial charge in [-0.05, 0) is 57.2 Å². The number of carbonyl (C=O) groups excluding carboxylic acids is 1. The minimum atomic E-state index is -3.77. The number of aromatic nitrogens is 1. The summed E-state index contributed by atoms with van der Waals surface area (Å²) >= 11 is 12.2. The van der Waals surface area contributed by atoms with Crippen LogP contribution in [0, 0.1) is 19.8 Å². The van der Waals surface area contributed by atoms with Crippen LogP contribution in [0.25, 0.3) is 0 Å². The van der Waals surface area contributed by atoms with Gasteiger partial charge in [-0.3, -0.25) is 4.79 Å². The largest absolute Gasteiger partial charge is 0.360 e. The van der Waals surface area contributed by atoms with E-state index in [9.17, 15) is 13.2 Å². The zero-order chi connectivity index (χ0) is 22.3. The summed E-state index contributed by atoms with van der Waals surface area (Å²) in [6.07, 6.45) is 3.03. The molecule has 4 rings (SSSR count). The number of aryl methyl sites for hydroxylation is 2. The van der Waals surface area contributed by atoms with Crippen molar-refractivity contribution in [3.63, 3.8) is 0 Å². The maximum absolute atomic E-state index is 13.4. The third kappa shape index (κ3) is 4.23. The predicted molar refractivity (Wildman–Crippen MR) is 118 cm³/mol. The summed E-state index contributed by atoms with van der Waals surface area (Å²) in [5.41, 5.74) is 1.29. The number of rotatable bonds is 4. The molecule has 2 atom stereocenters. The summed E-state index contributed by atoms with van der Waals surface area (Å²) in [6, 6.07) is 5.39. The number of benzene rings is 1. The van der Waals surface area contributed by atoms with E-state index >= 15 is 0 Å². The van der Waals surface area contributed by atoms with E-state index in [1.807, 2.05) is 17.0 Å². The molecular formula is C21H25Cl2N3O4S. The van der Waals surface area contributed by atoms with Crippen molar-refractivity contribution in [2.45, 2.75) is 50.5 Å². The van der Waals surface area contributed by atoms with E-state index in [0.29, 0.717) is 41.7 Å². The van der Waals surface area contributed by atoms with Gasteiger partial charge in [-0.1, -0.05) is 34.4 Å². The number of piperidine rings is 1. The van der Waals surface area contributed by atoms with Crippen molar-refractivity contribution < 1.29 is 17.7 Å². The lowest BCUT2D eigenvalue weighted by molar-refractivity contribution is -0.137. The Morgan fingerprint density at radius 2 is 1.87 bits per heavy atom. The number of nitrogens with zero attached hydrogens (tertiary/aromatic N) is 3. The summed E-state index contributed by atoms with van der Waals surface area (Å²) in [5, 5.41) is 4.72. The topological polar surface area (TPSA) is 83.7 Å².